The van der Waals surface area contributed by atoms with Crippen LogP contribution in [0.3, 0.4) is 0 Å². The van der Waals surface area contributed by atoms with Gasteiger partial charge in [0.1, 0.15) is 0 Å². The van der Waals surface area contributed by atoms with Crippen LogP contribution < -0.4 is 0 Å². The molecule has 0 aliphatic heterocycles. The topological polar surface area (TPSA) is 26.3 Å². The summed E-state index contributed by atoms with van der Waals surface area (Å²) in [5.74, 6) is 13.9. The van der Waals surface area contributed by atoms with Gasteiger partial charge in [-0.25, -0.2) is 0 Å². The lowest BCUT2D eigenvalue weighted by molar-refractivity contribution is -0.140. The average Bonchev–Trinajstić information content (AvgIpc) is 2.30. The molecule has 0 aromatic carbocycles. The molecule has 18 heavy (non-hydrogen) atoms. The van der Waals surface area contributed by atoms with Crippen LogP contribution in [0.25, 0.3) is 0 Å². The molecular weight excluding hydrogens is 240 g/mol. The molecule has 0 saturated carbocycles. The summed E-state index contributed by atoms with van der Waals surface area (Å²) in [4.78, 5) is 11.7. The summed E-state index contributed by atoms with van der Waals surface area (Å²) in [6, 6.07) is 0. The van der Waals surface area contributed by atoms with Crippen molar-refractivity contribution < 1.29 is 9.53 Å². The second-order valence-electron chi connectivity index (χ2n) is 4.91. The first kappa shape index (κ1) is 16.4. The van der Waals surface area contributed by atoms with Crippen molar-refractivity contribution in [3.8, 4) is 36.0 Å². The highest BCUT2D eigenvalue weighted by Gasteiger charge is 2.32. The van der Waals surface area contributed by atoms with Crippen molar-refractivity contribution in [2.45, 2.75) is 44.4 Å². The van der Waals surface area contributed by atoms with E-state index in [1.54, 1.807) is 0 Å². The molecule has 0 aromatic heterocycles. The molecule has 0 amide bonds. The fourth-order valence-electron chi connectivity index (χ4n) is 1.34. The van der Waals surface area contributed by atoms with Crippen molar-refractivity contribution >= 4 is 14.0 Å². The number of hydrogen-bond acceptors (Lipinski definition) is 2. The smallest absolute Gasteiger partial charge is 0.306 e. The number of carbonyl (C=O) groups is 1. The van der Waals surface area contributed by atoms with Crippen LogP contribution in [0.15, 0.2) is 0 Å². The highest BCUT2D eigenvalue weighted by Crippen LogP contribution is 2.26. The third-order valence-electron chi connectivity index (χ3n) is 2.45. The molecule has 0 radical (unpaired) electrons. The second-order valence-corrected chi connectivity index (χ2v) is 10.3. The van der Waals surface area contributed by atoms with Gasteiger partial charge in [0.05, 0.1) is 33.6 Å². The number of terminal acetylenes is 1. The van der Waals surface area contributed by atoms with E-state index < -0.39 is 8.07 Å². The predicted molar refractivity (Wildman–Crippen MR) is 77.3 cm³/mol. The quantitative estimate of drug-likeness (QED) is 0.443. The summed E-state index contributed by atoms with van der Waals surface area (Å²) < 4.78 is 4.83. The lowest BCUT2D eigenvalue weighted by Gasteiger charge is -2.24. The van der Waals surface area contributed by atoms with Crippen molar-refractivity contribution in [1.29, 1.82) is 0 Å². The molecule has 3 heteroatoms. The number of esters is 1. The van der Waals surface area contributed by atoms with E-state index in [4.69, 9.17) is 11.2 Å². The zero-order valence-electron chi connectivity index (χ0n) is 11.6. The van der Waals surface area contributed by atoms with E-state index in [9.17, 15) is 4.79 Å². The molecular formula is C15H20O2Si. The SMILES string of the molecule is C#CCC#CCC#CCC(C(=O)OC)[Si](C)(C)C. The average molecular weight is 260 g/mol. The number of methoxy groups -OCH3 is 1. The van der Waals surface area contributed by atoms with E-state index in [0.717, 1.165) is 0 Å². The Hall–Kier alpha value is -1.63. The molecule has 1 atom stereocenters. The van der Waals surface area contributed by atoms with E-state index in [1.807, 2.05) is 0 Å². The molecule has 0 spiro atoms. The first-order valence-electron chi connectivity index (χ1n) is 5.86. The molecule has 0 aliphatic carbocycles. The van der Waals surface area contributed by atoms with Crippen LogP contribution in [0.5, 0.6) is 0 Å². The van der Waals surface area contributed by atoms with Crippen LogP contribution in [0.4, 0.5) is 0 Å². The van der Waals surface area contributed by atoms with Gasteiger partial charge in [0.25, 0.3) is 0 Å². The van der Waals surface area contributed by atoms with Crippen molar-refractivity contribution in [1.82, 2.24) is 0 Å². The van der Waals surface area contributed by atoms with Crippen molar-refractivity contribution in [2.24, 2.45) is 0 Å². The highest BCUT2D eigenvalue weighted by molar-refractivity contribution is 6.80. The molecule has 0 rings (SSSR count). The Morgan fingerprint density at radius 3 is 2.22 bits per heavy atom. The minimum absolute atomic E-state index is 0.0753. The van der Waals surface area contributed by atoms with E-state index in [-0.39, 0.29) is 11.5 Å². The maximum atomic E-state index is 11.7. The summed E-state index contributed by atoms with van der Waals surface area (Å²) in [5, 5.41) is 0. The normalized spacial score (nSPS) is 11.1. The molecule has 0 bridgehead atoms. The number of carbonyl (C=O) groups excluding carboxylic acids is 1. The molecule has 0 heterocycles. The summed E-state index contributed by atoms with van der Waals surface area (Å²) in [6.45, 7) is 6.43. The van der Waals surface area contributed by atoms with Gasteiger partial charge in [-0.2, -0.15) is 0 Å². The Balaban J connectivity index is 4.40. The zero-order valence-corrected chi connectivity index (χ0v) is 12.6. The van der Waals surface area contributed by atoms with Crippen molar-refractivity contribution in [3.05, 3.63) is 0 Å². The maximum absolute atomic E-state index is 11.7. The molecule has 0 aliphatic rings. The number of rotatable bonds is 3. The van der Waals surface area contributed by atoms with Crippen LogP contribution in [-0.2, 0) is 9.53 Å². The van der Waals surface area contributed by atoms with Gasteiger partial charge < -0.3 is 4.74 Å². The second kappa shape index (κ2) is 8.46. The first-order chi connectivity index (χ1) is 8.43. The Morgan fingerprint density at radius 2 is 1.72 bits per heavy atom. The van der Waals surface area contributed by atoms with Gasteiger partial charge in [0.2, 0.25) is 0 Å². The monoisotopic (exact) mass is 260 g/mol. The lowest BCUT2D eigenvalue weighted by atomic mass is 10.3. The third-order valence-corrected chi connectivity index (χ3v) is 4.99. The summed E-state index contributed by atoms with van der Waals surface area (Å²) in [6.07, 6.45) is 6.59. The Bertz CT molecular complexity index is 430. The molecule has 96 valence electrons. The van der Waals surface area contributed by atoms with Gasteiger partial charge in [0, 0.05) is 6.42 Å². The van der Waals surface area contributed by atoms with E-state index in [2.05, 4.69) is 49.2 Å². The molecule has 0 fully saturated rings. The van der Waals surface area contributed by atoms with Gasteiger partial charge in [0.15, 0.2) is 0 Å². The van der Waals surface area contributed by atoms with Crippen molar-refractivity contribution in [2.75, 3.05) is 7.11 Å². The largest absolute Gasteiger partial charge is 0.469 e. The number of ether oxygens (including phenoxy) is 1. The van der Waals surface area contributed by atoms with Crippen LogP contribution in [0.2, 0.25) is 25.2 Å². The van der Waals surface area contributed by atoms with Crippen molar-refractivity contribution in [3.63, 3.8) is 0 Å². The van der Waals surface area contributed by atoms with Gasteiger partial charge in [-0.15, -0.1) is 12.3 Å². The summed E-state index contributed by atoms with van der Waals surface area (Å²) in [7, 11) is -0.167. The number of hydrogen-bond donors (Lipinski definition) is 0. The van der Waals surface area contributed by atoms with Crippen LogP contribution in [0.1, 0.15) is 19.3 Å². The first-order valence-corrected chi connectivity index (χ1v) is 9.44. The van der Waals surface area contributed by atoms with Gasteiger partial charge in [-0.05, 0) is 0 Å². The zero-order chi connectivity index (χ0) is 14.0. The molecule has 0 saturated heterocycles. The minimum atomic E-state index is -1.59. The fourth-order valence-corrected chi connectivity index (χ4v) is 2.88. The van der Waals surface area contributed by atoms with Gasteiger partial charge in [-0.1, -0.05) is 43.3 Å². The van der Waals surface area contributed by atoms with Gasteiger partial charge >= 0.3 is 5.97 Å². The molecule has 0 N–H and O–H groups in total. The van der Waals surface area contributed by atoms with Crippen LogP contribution >= 0.6 is 0 Å². The van der Waals surface area contributed by atoms with Crippen LogP contribution in [0, 0.1) is 36.0 Å². The maximum Gasteiger partial charge on any atom is 0.306 e. The van der Waals surface area contributed by atoms with E-state index in [0.29, 0.717) is 19.3 Å². The highest BCUT2D eigenvalue weighted by atomic mass is 28.3. The van der Waals surface area contributed by atoms with E-state index in [1.165, 1.54) is 7.11 Å². The molecule has 2 nitrogen and oxygen atoms in total. The minimum Gasteiger partial charge on any atom is -0.469 e. The molecule has 1 unspecified atom stereocenters. The Labute approximate surface area is 112 Å². The Kier molecular flexibility index (Phi) is 7.69. The van der Waals surface area contributed by atoms with Crippen LogP contribution in [-0.4, -0.2) is 21.2 Å². The molecule has 0 aromatic rings. The predicted octanol–water partition coefficient (Wildman–Crippen LogP) is 2.68. The standard InChI is InChI=1S/C15H20O2Si/c1-6-7-8-9-10-11-12-13-14(15(16)17-2)18(3,4)5/h1,14H,7,10,13H2,2-5H3. The summed E-state index contributed by atoms with van der Waals surface area (Å²) in [5.41, 5.74) is -0.0753. The third kappa shape index (κ3) is 6.84. The summed E-state index contributed by atoms with van der Waals surface area (Å²) >= 11 is 0. The Morgan fingerprint density at radius 1 is 1.17 bits per heavy atom. The fraction of sp³-hybridized carbons (Fsp3) is 0.533. The van der Waals surface area contributed by atoms with Gasteiger partial charge in [-0.3, -0.25) is 4.79 Å². The lowest BCUT2D eigenvalue weighted by Crippen LogP contribution is -2.34. The van der Waals surface area contributed by atoms with E-state index >= 15 is 0 Å².